The van der Waals surface area contributed by atoms with E-state index < -0.39 is 0 Å². The first-order valence-electron chi connectivity index (χ1n) is 3.14. The van der Waals surface area contributed by atoms with Crippen molar-refractivity contribution in [2.45, 2.75) is 0 Å². The zero-order valence-electron chi connectivity index (χ0n) is 6.13. The van der Waals surface area contributed by atoms with E-state index in [0.29, 0.717) is 0 Å². The molecule has 56 valence electrons. The normalized spacial score (nSPS) is 26.1. The minimum Gasteiger partial charge on any atom is -0.0617 e. The molecule has 4 aromatic rings. The fraction of sp³-hybridized carbons (Fsp3) is 1.00. The van der Waals surface area contributed by atoms with Gasteiger partial charge in [0.05, 0.1) is 0 Å². The highest BCUT2D eigenvalue weighted by Gasteiger charge is 2.28. The standard InChI is InChI=1S/C3H9P7/c1-4-7-5(2)9-8(4)10(9)6(7)3/h1-3H3. The maximum Gasteiger partial charge on any atom is -0.0105 e. The smallest absolute Gasteiger partial charge is 0.0105 e. The van der Waals surface area contributed by atoms with Gasteiger partial charge in [-0.15, -0.1) is 0 Å². The van der Waals surface area contributed by atoms with Crippen LogP contribution in [0.3, 0.4) is 0 Å². The van der Waals surface area contributed by atoms with Crippen LogP contribution in [-0.2, 0) is 20.0 Å². The molecule has 7 heteroatoms. The second-order valence-electron chi connectivity index (χ2n) is 2.54. The lowest BCUT2D eigenvalue weighted by atomic mass is 12.0. The van der Waals surface area contributed by atoms with Gasteiger partial charge in [-0.2, -0.15) is 0 Å². The molecule has 4 rings (SSSR count). The number of hydrogen-bond acceptors (Lipinski definition) is 0. The molecular weight excluding hydrogens is 253 g/mol. The summed E-state index contributed by atoms with van der Waals surface area (Å²) in [6, 6.07) is 0. The third-order valence-corrected chi connectivity index (χ3v) is 99.4. The average molecular weight is 262 g/mol. The second-order valence-corrected chi connectivity index (χ2v) is 47.0. The van der Waals surface area contributed by atoms with E-state index >= 15 is 0 Å². The van der Waals surface area contributed by atoms with Gasteiger partial charge in [-0.25, -0.2) is 0 Å². The lowest BCUT2D eigenvalue weighted by molar-refractivity contribution is 2.18. The fourth-order valence-electron chi connectivity index (χ4n) is 1.58. The van der Waals surface area contributed by atoms with Crippen molar-refractivity contribution in [3.05, 3.63) is 0 Å². The Bertz CT molecular complexity index is 392. The number of rotatable bonds is 0. The molecule has 4 heterocycles. The number of hydrogen-bond donors (Lipinski definition) is 0. The second kappa shape index (κ2) is 2.12. The Labute approximate surface area is 66.3 Å². The molecular formula is C3H9P7. The van der Waals surface area contributed by atoms with Crippen molar-refractivity contribution in [2.24, 2.45) is 20.0 Å². The van der Waals surface area contributed by atoms with Crippen molar-refractivity contribution in [1.29, 1.82) is 0 Å². The summed E-state index contributed by atoms with van der Waals surface area (Å²) in [4.78, 5) is 0. The predicted octanol–water partition coefficient (Wildman–Crippen LogP) is 6.70. The third-order valence-electron chi connectivity index (χ3n) is 2.00. The van der Waals surface area contributed by atoms with E-state index in [1.165, 1.54) is 0 Å². The van der Waals surface area contributed by atoms with Crippen molar-refractivity contribution < 1.29 is 0 Å². The van der Waals surface area contributed by atoms with Gasteiger partial charge in [0.1, 0.15) is 0 Å². The van der Waals surface area contributed by atoms with Crippen LogP contribution < -0.4 is 0 Å². The van der Waals surface area contributed by atoms with E-state index in [9.17, 15) is 0 Å². The molecule has 0 saturated heterocycles. The van der Waals surface area contributed by atoms with Gasteiger partial charge in [0.15, 0.2) is 0 Å². The summed E-state index contributed by atoms with van der Waals surface area (Å²) < 4.78 is 0. The maximum absolute atomic E-state index is 2.67. The molecule has 10 heavy (non-hydrogen) atoms. The summed E-state index contributed by atoms with van der Waals surface area (Å²) in [5.41, 5.74) is 0. The third kappa shape index (κ3) is 0.642. The van der Waals surface area contributed by atoms with E-state index in [1.54, 1.807) is 0 Å². The fourth-order valence-corrected chi connectivity index (χ4v) is 209. The van der Waals surface area contributed by atoms with Crippen LogP contribution in [0.25, 0.3) is 0 Å². The zero-order valence-corrected chi connectivity index (χ0v) is 12.4. The molecule has 3 unspecified atom stereocenters. The topological polar surface area (TPSA) is 0 Å². The first-order chi connectivity index (χ1) is 4.73. The Kier molecular flexibility index (Phi) is 1.59. The quantitative estimate of drug-likeness (QED) is 0.422. The SMILES string of the molecule is Cp1p2p(C)p3p1p3p2C. The molecule has 0 aliphatic rings. The zero-order chi connectivity index (χ0) is 7.04. The first kappa shape index (κ1) is 7.50. The highest BCUT2D eigenvalue weighted by Crippen LogP contribution is 3.12. The summed E-state index contributed by atoms with van der Waals surface area (Å²) in [5.74, 6) is 0. The molecule has 0 spiro atoms. The Morgan fingerprint density at radius 3 is 0.900 bits per heavy atom. The molecule has 0 radical (unpaired) electrons. The first-order valence-corrected chi connectivity index (χ1v) is 20.2. The Morgan fingerprint density at radius 1 is 0.500 bits per heavy atom. The summed E-state index contributed by atoms with van der Waals surface area (Å²) >= 11 is 0. The van der Waals surface area contributed by atoms with Gasteiger partial charge < -0.3 is 0 Å². The van der Waals surface area contributed by atoms with E-state index in [-0.39, 0.29) is 0 Å². The summed E-state index contributed by atoms with van der Waals surface area (Å²) in [7, 11) is 0. The number of aryl methyl sites for hydroxylation is 3. The lowest BCUT2D eigenvalue weighted by Gasteiger charge is -1.87. The molecule has 0 aromatic carbocycles. The van der Waals surface area contributed by atoms with Gasteiger partial charge in [0.25, 0.3) is 0 Å². The molecule has 0 nitrogen and oxygen atoms in total. The van der Waals surface area contributed by atoms with Crippen LogP contribution in [-0.4, -0.2) is 0 Å². The van der Waals surface area contributed by atoms with Crippen LogP contribution in [0.1, 0.15) is 0 Å². The molecule has 0 amide bonds. The highest BCUT2D eigenvalue weighted by atomic mass is 33.2. The Balaban J connectivity index is 2.80. The van der Waals surface area contributed by atoms with Crippen molar-refractivity contribution in [2.75, 3.05) is 0 Å². The van der Waals surface area contributed by atoms with Gasteiger partial charge >= 0.3 is 0 Å². The van der Waals surface area contributed by atoms with Gasteiger partial charge in [-0.1, -0.05) is 20.7 Å². The molecule has 0 aliphatic heterocycles. The van der Waals surface area contributed by atoms with Crippen molar-refractivity contribution in [1.82, 2.24) is 0 Å². The molecule has 0 fully saturated rings. The van der Waals surface area contributed by atoms with Gasteiger partial charge in [-0.3, -0.25) is 0 Å². The minimum absolute atomic E-state index is 0.727. The van der Waals surface area contributed by atoms with Crippen LogP contribution in [0.5, 0.6) is 0 Å². The molecule has 4 aromatic heterocycles. The Hall–Kier alpha value is 2.10. The predicted molar refractivity (Wildman–Crippen MR) is 65.2 cm³/mol. The average Bonchev–Trinajstić information content (AvgIpc) is 2.39. The molecule has 0 N–H and O–H groups in total. The van der Waals surface area contributed by atoms with E-state index in [2.05, 4.69) is 20.0 Å². The van der Waals surface area contributed by atoms with Gasteiger partial charge in [-0.05, 0) is 45.5 Å². The van der Waals surface area contributed by atoms with Crippen molar-refractivity contribution in [3.8, 4) is 0 Å². The molecule has 4 bridgehead atoms. The van der Waals surface area contributed by atoms with E-state index in [0.717, 1.165) is 46.1 Å². The van der Waals surface area contributed by atoms with Gasteiger partial charge in [0.2, 0.25) is 0 Å². The molecule has 3 atom stereocenters. The molecule has 0 aliphatic carbocycles. The summed E-state index contributed by atoms with van der Waals surface area (Å²) in [6.07, 6.45) is 3.33. The van der Waals surface area contributed by atoms with E-state index in [4.69, 9.17) is 0 Å². The van der Waals surface area contributed by atoms with Crippen molar-refractivity contribution in [3.63, 3.8) is 0 Å². The monoisotopic (exact) mass is 262 g/mol. The largest absolute Gasteiger partial charge is 0.0617 e. The summed E-state index contributed by atoms with van der Waals surface area (Å²) in [6.45, 7) is 10.2. The van der Waals surface area contributed by atoms with Gasteiger partial charge in [0, 0.05) is 0 Å². The minimum atomic E-state index is 0.727. The van der Waals surface area contributed by atoms with Crippen LogP contribution in [0.4, 0.5) is 0 Å². The highest BCUT2D eigenvalue weighted by molar-refractivity contribution is 9.13. The maximum atomic E-state index is 2.67. The van der Waals surface area contributed by atoms with Crippen LogP contribution in [0, 0.1) is 0 Å². The van der Waals surface area contributed by atoms with E-state index in [1.807, 2.05) is 0 Å². The van der Waals surface area contributed by atoms with Crippen LogP contribution in [0.2, 0.25) is 0 Å². The lowest BCUT2D eigenvalue weighted by Crippen LogP contribution is -1.21. The van der Waals surface area contributed by atoms with Crippen LogP contribution >= 0.6 is 46.1 Å². The Morgan fingerprint density at radius 2 is 0.800 bits per heavy atom. The van der Waals surface area contributed by atoms with Crippen molar-refractivity contribution >= 4 is 46.1 Å². The summed E-state index contributed by atoms with van der Waals surface area (Å²) in [5, 5.41) is 0. The molecule has 0 saturated carbocycles. The van der Waals surface area contributed by atoms with Crippen LogP contribution in [0.15, 0.2) is 0 Å².